The maximum atomic E-state index is 3.98. The third kappa shape index (κ3) is 2.25. The molecule has 0 aliphatic rings. The molecule has 64 valence electrons. The van der Waals surface area contributed by atoms with Gasteiger partial charge in [-0.2, -0.15) is 0 Å². The van der Waals surface area contributed by atoms with Gasteiger partial charge in [0, 0.05) is 0 Å². The molecule has 0 saturated carbocycles. The minimum atomic E-state index is 0.451. The van der Waals surface area contributed by atoms with E-state index in [9.17, 15) is 0 Å². The van der Waals surface area contributed by atoms with Crippen molar-refractivity contribution in [2.24, 2.45) is 0 Å². The zero-order valence-corrected chi connectivity index (χ0v) is 10.1. The Morgan fingerprint density at radius 1 is 1.67 bits per heavy atom. The molecule has 1 rings (SSSR count). The third-order valence-electron chi connectivity index (χ3n) is 1.53. The summed E-state index contributed by atoms with van der Waals surface area (Å²) in [5.74, 6) is 0. The number of aromatic nitrogens is 2. The van der Waals surface area contributed by atoms with E-state index in [1.54, 1.807) is 0 Å². The Labute approximate surface area is 83.7 Å². The van der Waals surface area contributed by atoms with Crippen molar-refractivity contribution in [1.29, 1.82) is 0 Å². The molecule has 0 saturated heterocycles. The van der Waals surface area contributed by atoms with Crippen LogP contribution in [-0.2, 0) is 19.4 Å². The van der Waals surface area contributed by atoms with E-state index in [0.29, 0.717) is 6.04 Å². The van der Waals surface area contributed by atoms with E-state index in [-0.39, 0.29) is 0 Å². The molecule has 1 aromatic heterocycles. The van der Waals surface area contributed by atoms with Crippen molar-refractivity contribution in [2.75, 3.05) is 0 Å². The van der Waals surface area contributed by atoms with E-state index < -0.39 is 0 Å². The van der Waals surface area contributed by atoms with E-state index in [4.69, 9.17) is 0 Å². The number of hydrogen-bond acceptors (Lipinski definition) is 1. The van der Waals surface area contributed by atoms with Gasteiger partial charge in [0.25, 0.3) is 0 Å². The van der Waals surface area contributed by atoms with Crippen LogP contribution in [0.15, 0.2) is 12.4 Å². The minimum absolute atomic E-state index is 0.451. The standard InChI is InChI=1S/C9H11N2.W/c1-4-5-9-6-10-7-11(9)8(2)3;/h1,4-5,7-8H,2-3H3;/q-1;/b5-4-;. The van der Waals surface area contributed by atoms with E-state index in [1.807, 2.05) is 18.5 Å². The van der Waals surface area contributed by atoms with E-state index >= 15 is 0 Å². The monoisotopic (exact) mass is 331 g/mol. The molecule has 0 N–H and O–H groups in total. The summed E-state index contributed by atoms with van der Waals surface area (Å²) in [5, 5.41) is 0. The molecule has 1 aromatic rings. The number of hydrogen-bond donors (Lipinski definition) is 0. The average molecular weight is 331 g/mol. The summed E-state index contributed by atoms with van der Waals surface area (Å²) in [6, 6.07) is 0.451. The van der Waals surface area contributed by atoms with Gasteiger partial charge in [-0.25, -0.2) is 0 Å². The fourth-order valence-corrected chi connectivity index (χ4v) is 1.22. The molecular formula is C9H11N2W-. The van der Waals surface area contributed by atoms with Gasteiger partial charge in [0.15, 0.2) is 0 Å². The normalized spacial score (nSPS) is 11.2. The van der Waals surface area contributed by atoms with E-state index in [0.717, 1.165) is 5.69 Å². The summed E-state index contributed by atoms with van der Waals surface area (Å²) in [4.78, 5) is 3.98. The Balaban J connectivity index is 2.91. The maximum absolute atomic E-state index is 3.98. The van der Waals surface area contributed by atoms with Crippen LogP contribution in [0.1, 0.15) is 25.6 Å². The first kappa shape index (κ1) is 9.60. The summed E-state index contributed by atoms with van der Waals surface area (Å²) in [6.07, 6.45) is 8.81. The molecule has 0 aromatic carbocycles. The molecular weight excluding hydrogens is 320 g/mol. The van der Waals surface area contributed by atoms with Gasteiger partial charge in [-0.3, -0.25) is 0 Å². The van der Waals surface area contributed by atoms with Crippen LogP contribution in [0.25, 0.3) is 6.08 Å². The zero-order chi connectivity index (χ0) is 8.97. The van der Waals surface area contributed by atoms with Gasteiger partial charge in [-0.15, -0.1) is 0 Å². The molecule has 0 amide bonds. The first-order valence-corrected chi connectivity index (χ1v) is 5.51. The van der Waals surface area contributed by atoms with Crippen LogP contribution in [0, 0.1) is 6.20 Å². The molecule has 12 heavy (non-hydrogen) atoms. The van der Waals surface area contributed by atoms with Gasteiger partial charge in [0.05, 0.1) is 0 Å². The molecule has 0 bridgehead atoms. The summed E-state index contributed by atoms with van der Waals surface area (Å²) < 4.78 is 4.17. The van der Waals surface area contributed by atoms with Crippen LogP contribution in [0.5, 0.6) is 0 Å². The SMILES string of the molecule is CC(C)n1cn[c-]c1/C=C\[CH]=[W]. The molecule has 0 atom stereocenters. The topological polar surface area (TPSA) is 17.8 Å². The zero-order valence-electron chi connectivity index (χ0n) is 7.19. The fraction of sp³-hybridized carbons (Fsp3) is 0.333. The van der Waals surface area contributed by atoms with Gasteiger partial charge in [0.2, 0.25) is 0 Å². The Morgan fingerprint density at radius 2 is 2.42 bits per heavy atom. The second-order valence-electron chi connectivity index (χ2n) is 2.74. The second kappa shape index (κ2) is 4.51. The first-order chi connectivity index (χ1) is 5.75. The van der Waals surface area contributed by atoms with Crippen molar-refractivity contribution in [1.82, 2.24) is 9.55 Å². The van der Waals surface area contributed by atoms with Crippen molar-refractivity contribution in [2.45, 2.75) is 19.9 Å². The van der Waals surface area contributed by atoms with Gasteiger partial charge >= 0.3 is 83.6 Å². The molecule has 0 radical (unpaired) electrons. The molecule has 0 fully saturated rings. The number of nitrogens with zero attached hydrogens (tertiary/aromatic N) is 2. The molecule has 1 heterocycles. The van der Waals surface area contributed by atoms with Crippen molar-refractivity contribution < 1.29 is 19.4 Å². The molecule has 0 aliphatic heterocycles. The van der Waals surface area contributed by atoms with Crippen LogP contribution in [0.4, 0.5) is 0 Å². The van der Waals surface area contributed by atoms with Crippen LogP contribution in [0.3, 0.4) is 0 Å². The molecule has 0 aliphatic carbocycles. The molecule has 2 nitrogen and oxygen atoms in total. The average Bonchev–Trinajstić information content (AvgIpc) is 2.48. The Bertz CT molecular complexity index is 286. The summed E-state index contributed by atoms with van der Waals surface area (Å²) in [5.41, 5.74) is 1.04. The van der Waals surface area contributed by atoms with Crippen LogP contribution >= 0.6 is 0 Å². The number of allylic oxidation sites excluding steroid dienone is 1. The van der Waals surface area contributed by atoms with Gasteiger partial charge in [0.1, 0.15) is 0 Å². The third-order valence-corrected chi connectivity index (χ3v) is 2.09. The van der Waals surface area contributed by atoms with E-state index in [2.05, 4.69) is 34.0 Å². The summed E-state index contributed by atoms with van der Waals surface area (Å²) in [7, 11) is 0. The van der Waals surface area contributed by atoms with Crippen LogP contribution < -0.4 is 0 Å². The predicted octanol–water partition coefficient (Wildman–Crippen LogP) is 1.63. The first-order valence-electron chi connectivity index (χ1n) is 3.82. The number of imidazole rings is 1. The van der Waals surface area contributed by atoms with E-state index in [1.165, 1.54) is 19.4 Å². The van der Waals surface area contributed by atoms with Gasteiger partial charge in [-0.1, -0.05) is 0 Å². The quantitative estimate of drug-likeness (QED) is 0.770. The Morgan fingerprint density at radius 3 is 3.00 bits per heavy atom. The Hall–Kier alpha value is -0.492. The van der Waals surface area contributed by atoms with Gasteiger partial charge < -0.3 is 0 Å². The van der Waals surface area contributed by atoms with Crippen molar-refractivity contribution >= 4 is 10.5 Å². The van der Waals surface area contributed by atoms with Crippen molar-refractivity contribution in [3.8, 4) is 0 Å². The molecule has 0 spiro atoms. The van der Waals surface area contributed by atoms with Crippen molar-refractivity contribution in [3.05, 3.63) is 24.3 Å². The van der Waals surface area contributed by atoms with Crippen LogP contribution in [-0.4, -0.2) is 14.0 Å². The molecule has 0 unspecified atom stereocenters. The van der Waals surface area contributed by atoms with Crippen molar-refractivity contribution in [3.63, 3.8) is 0 Å². The second-order valence-corrected chi connectivity index (χ2v) is 3.72. The summed E-state index contributed by atoms with van der Waals surface area (Å²) in [6.45, 7) is 4.27. The summed E-state index contributed by atoms with van der Waals surface area (Å²) >= 11 is 1.46. The molecule has 3 heteroatoms. The Kier molecular flexibility index (Phi) is 3.61. The fourth-order valence-electron chi connectivity index (χ4n) is 0.942. The van der Waals surface area contributed by atoms with Crippen LogP contribution in [0.2, 0.25) is 0 Å². The number of rotatable bonds is 3. The van der Waals surface area contributed by atoms with Gasteiger partial charge in [-0.05, 0) is 0 Å². The predicted molar refractivity (Wildman–Crippen MR) is 46.5 cm³/mol.